The Balaban J connectivity index is 1.74. The molecule has 3 nitrogen and oxygen atoms in total. The molecule has 1 N–H and O–H groups in total. The molecule has 1 saturated heterocycles. The van der Waals surface area contributed by atoms with Gasteiger partial charge in [0.2, 0.25) is 0 Å². The molecule has 0 saturated carbocycles. The molecular formula is C12H17NO2S. The number of sulfone groups is 1. The average Bonchev–Trinajstić information content (AvgIpc) is 2.60. The average molecular weight is 239 g/mol. The lowest BCUT2D eigenvalue weighted by atomic mass is 10.1. The number of rotatable bonds is 4. The smallest absolute Gasteiger partial charge is 0.150 e. The van der Waals surface area contributed by atoms with Crippen molar-refractivity contribution in [3.8, 4) is 0 Å². The molecule has 0 aliphatic carbocycles. The molecule has 1 aromatic rings. The van der Waals surface area contributed by atoms with Gasteiger partial charge in [-0.05, 0) is 24.4 Å². The van der Waals surface area contributed by atoms with Gasteiger partial charge in [-0.15, -0.1) is 0 Å². The first-order valence-corrected chi connectivity index (χ1v) is 7.43. The highest BCUT2D eigenvalue weighted by atomic mass is 32.2. The fraction of sp³-hybridized carbons (Fsp3) is 0.500. The van der Waals surface area contributed by atoms with E-state index in [0.717, 1.165) is 19.5 Å². The molecule has 2 rings (SSSR count). The van der Waals surface area contributed by atoms with Crippen molar-refractivity contribution in [2.24, 2.45) is 5.92 Å². The maximum Gasteiger partial charge on any atom is 0.150 e. The van der Waals surface area contributed by atoms with E-state index >= 15 is 0 Å². The topological polar surface area (TPSA) is 46.2 Å². The van der Waals surface area contributed by atoms with Crippen LogP contribution in [0, 0.1) is 5.92 Å². The van der Waals surface area contributed by atoms with Gasteiger partial charge >= 0.3 is 0 Å². The van der Waals surface area contributed by atoms with E-state index in [1.54, 1.807) is 0 Å². The third kappa shape index (κ3) is 3.32. The lowest BCUT2D eigenvalue weighted by molar-refractivity contribution is 0.521. The van der Waals surface area contributed by atoms with Crippen LogP contribution in [0.4, 0.5) is 0 Å². The van der Waals surface area contributed by atoms with Crippen molar-refractivity contribution >= 4 is 9.84 Å². The van der Waals surface area contributed by atoms with Gasteiger partial charge in [0, 0.05) is 6.54 Å². The summed E-state index contributed by atoms with van der Waals surface area (Å²) in [6.45, 7) is 1.62. The predicted molar refractivity (Wildman–Crippen MR) is 64.9 cm³/mol. The molecule has 1 atom stereocenters. The highest BCUT2D eigenvalue weighted by molar-refractivity contribution is 7.91. The summed E-state index contributed by atoms with van der Waals surface area (Å²) in [5, 5.41) is 3.32. The summed E-state index contributed by atoms with van der Waals surface area (Å²) in [5.41, 5.74) is 1.24. The van der Waals surface area contributed by atoms with Crippen LogP contribution in [-0.4, -0.2) is 26.5 Å². The first-order valence-electron chi connectivity index (χ1n) is 5.61. The summed E-state index contributed by atoms with van der Waals surface area (Å²) >= 11 is 0. The number of hydrogen-bond donors (Lipinski definition) is 1. The third-order valence-corrected chi connectivity index (χ3v) is 4.77. The molecule has 16 heavy (non-hydrogen) atoms. The Bertz CT molecular complexity index is 428. The molecule has 1 aromatic carbocycles. The van der Waals surface area contributed by atoms with Crippen molar-refractivity contribution in [1.29, 1.82) is 0 Å². The number of hydrogen-bond acceptors (Lipinski definition) is 3. The van der Waals surface area contributed by atoms with Gasteiger partial charge in [-0.25, -0.2) is 8.42 Å². The first-order chi connectivity index (χ1) is 7.66. The second-order valence-corrected chi connectivity index (χ2v) is 6.61. The molecule has 1 unspecified atom stereocenters. The van der Waals surface area contributed by atoms with Crippen LogP contribution in [-0.2, 0) is 16.4 Å². The van der Waals surface area contributed by atoms with E-state index in [1.165, 1.54) is 5.56 Å². The quantitative estimate of drug-likeness (QED) is 0.859. The lowest BCUT2D eigenvalue weighted by Gasteiger charge is -2.09. The van der Waals surface area contributed by atoms with Crippen molar-refractivity contribution in [2.45, 2.75) is 13.0 Å². The lowest BCUT2D eigenvalue weighted by Crippen LogP contribution is -2.23. The molecule has 1 aliphatic heterocycles. The molecule has 4 heteroatoms. The largest absolute Gasteiger partial charge is 0.312 e. The van der Waals surface area contributed by atoms with Crippen molar-refractivity contribution in [3.05, 3.63) is 35.9 Å². The molecule has 1 aliphatic rings. The Labute approximate surface area is 96.8 Å². The minimum Gasteiger partial charge on any atom is -0.312 e. The zero-order valence-electron chi connectivity index (χ0n) is 9.22. The van der Waals surface area contributed by atoms with Crippen LogP contribution < -0.4 is 5.32 Å². The van der Waals surface area contributed by atoms with Crippen LogP contribution in [0.1, 0.15) is 12.0 Å². The van der Waals surface area contributed by atoms with Crippen LogP contribution in [0.2, 0.25) is 0 Å². The zero-order chi connectivity index (χ0) is 11.4. The van der Waals surface area contributed by atoms with Gasteiger partial charge in [0.05, 0.1) is 11.5 Å². The van der Waals surface area contributed by atoms with Crippen LogP contribution >= 0.6 is 0 Å². The van der Waals surface area contributed by atoms with E-state index in [0.29, 0.717) is 17.4 Å². The van der Waals surface area contributed by atoms with Crippen molar-refractivity contribution in [3.63, 3.8) is 0 Å². The van der Waals surface area contributed by atoms with Gasteiger partial charge in [0.15, 0.2) is 9.84 Å². The van der Waals surface area contributed by atoms with Crippen LogP contribution in [0.5, 0.6) is 0 Å². The highest BCUT2D eigenvalue weighted by Gasteiger charge is 2.27. The SMILES string of the molecule is O=S1(=O)CCC(CNCc2ccccc2)C1. The van der Waals surface area contributed by atoms with E-state index in [1.807, 2.05) is 18.2 Å². The summed E-state index contributed by atoms with van der Waals surface area (Å²) in [7, 11) is -2.73. The Hall–Kier alpha value is -0.870. The van der Waals surface area contributed by atoms with Crippen molar-refractivity contribution < 1.29 is 8.42 Å². The fourth-order valence-electron chi connectivity index (χ4n) is 2.05. The monoisotopic (exact) mass is 239 g/mol. The summed E-state index contributed by atoms with van der Waals surface area (Å²) in [6, 6.07) is 10.2. The highest BCUT2D eigenvalue weighted by Crippen LogP contribution is 2.17. The van der Waals surface area contributed by atoms with E-state index in [9.17, 15) is 8.42 Å². The molecule has 88 valence electrons. The maximum atomic E-state index is 11.2. The summed E-state index contributed by atoms with van der Waals surface area (Å²) in [5.74, 6) is 1.02. The molecule has 1 heterocycles. The van der Waals surface area contributed by atoms with Gasteiger partial charge < -0.3 is 5.32 Å². The van der Waals surface area contributed by atoms with Gasteiger partial charge in [0.25, 0.3) is 0 Å². The molecule has 0 radical (unpaired) electrons. The molecule has 0 amide bonds. The van der Waals surface area contributed by atoms with Gasteiger partial charge in [0.1, 0.15) is 0 Å². The van der Waals surface area contributed by atoms with Crippen LogP contribution in [0.15, 0.2) is 30.3 Å². The van der Waals surface area contributed by atoms with Gasteiger partial charge in [-0.1, -0.05) is 30.3 Å². The summed E-state index contributed by atoms with van der Waals surface area (Å²) < 4.78 is 22.5. The first kappa shape index (κ1) is 11.6. The molecule has 0 spiro atoms. The Morgan fingerprint density at radius 1 is 1.25 bits per heavy atom. The summed E-state index contributed by atoms with van der Waals surface area (Å²) in [4.78, 5) is 0. The molecule has 0 bridgehead atoms. The van der Waals surface area contributed by atoms with E-state index in [2.05, 4.69) is 17.4 Å². The fourth-order valence-corrected chi connectivity index (χ4v) is 3.91. The standard InChI is InChI=1S/C12H17NO2S/c14-16(15)7-6-12(10-16)9-13-8-11-4-2-1-3-5-11/h1-5,12-13H,6-10H2. The van der Waals surface area contributed by atoms with Crippen LogP contribution in [0.25, 0.3) is 0 Å². The molecule has 1 fully saturated rings. The minimum absolute atomic E-state index is 0.300. The second kappa shape index (κ2) is 4.97. The Kier molecular flexibility index (Phi) is 3.61. The third-order valence-electron chi connectivity index (χ3n) is 2.93. The van der Waals surface area contributed by atoms with Gasteiger partial charge in [-0.2, -0.15) is 0 Å². The van der Waals surface area contributed by atoms with E-state index < -0.39 is 9.84 Å². The Morgan fingerprint density at radius 3 is 2.62 bits per heavy atom. The normalized spacial score (nSPS) is 23.4. The molecular weight excluding hydrogens is 222 g/mol. The predicted octanol–water partition coefficient (Wildman–Crippen LogP) is 1.21. The maximum absolute atomic E-state index is 11.2. The van der Waals surface area contributed by atoms with Crippen LogP contribution in [0.3, 0.4) is 0 Å². The zero-order valence-corrected chi connectivity index (χ0v) is 10.0. The number of nitrogens with one attached hydrogen (secondary N) is 1. The van der Waals surface area contributed by atoms with E-state index in [-0.39, 0.29) is 0 Å². The van der Waals surface area contributed by atoms with E-state index in [4.69, 9.17) is 0 Å². The number of benzene rings is 1. The summed E-state index contributed by atoms with van der Waals surface area (Å²) in [6.07, 6.45) is 0.810. The van der Waals surface area contributed by atoms with Crippen molar-refractivity contribution in [1.82, 2.24) is 5.32 Å². The Morgan fingerprint density at radius 2 is 2.00 bits per heavy atom. The minimum atomic E-state index is -2.73. The van der Waals surface area contributed by atoms with Crippen molar-refractivity contribution in [2.75, 3.05) is 18.1 Å². The second-order valence-electron chi connectivity index (χ2n) is 4.39. The molecule has 0 aromatic heterocycles. The van der Waals surface area contributed by atoms with Gasteiger partial charge in [-0.3, -0.25) is 0 Å².